The number of hydrogen-bond acceptors (Lipinski definition) is 1. The summed E-state index contributed by atoms with van der Waals surface area (Å²) in [5, 5.41) is 9.34. The third-order valence-electron chi connectivity index (χ3n) is 6.41. The summed E-state index contributed by atoms with van der Waals surface area (Å²) in [6, 6.07) is 29.1. The van der Waals surface area contributed by atoms with Crippen molar-refractivity contribution in [2.24, 2.45) is 5.92 Å². The van der Waals surface area contributed by atoms with Crippen molar-refractivity contribution in [1.29, 1.82) is 0 Å². The smallest absolute Gasteiger partial charge is 0.0560 e. The summed E-state index contributed by atoms with van der Waals surface area (Å²) in [6.07, 6.45) is 5.95. The number of hydrogen-bond donors (Lipinski definition) is 1. The molecule has 0 bridgehead atoms. The summed E-state index contributed by atoms with van der Waals surface area (Å²) in [4.78, 5) is 0. The fraction of sp³-hybridized carbons (Fsp3) is 0.154. The minimum absolute atomic E-state index is 0.338. The Labute approximate surface area is 159 Å². The third-order valence-corrected chi connectivity index (χ3v) is 6.41. The predicted octanol–water partition coefficient (Wildman–Crippen LogP) is 6.82. The highest BCUT2D eigenvalue weighted by molar-refractivity contribution is 5.92. The van der Waals surface area contributed by atoms with Crippen LogP contribution in [0.4, 0.5) is 5.69 Å². The third kappa shape index (κ3) is 2.18. The summed E-state index contributed by atoms with van der Waals surface area (Å²) in [5.41, 5.74) is 4.19. The standard InChI is InChI=1S/C26H21N/c1-3-10-19-17(7-1)9-5-13-22(19)26-23-14-6-12-21(23)25-20-11-4-2-8-18(20)15-16-24(25)27-26/h1-13,15-16,21,23,26-27H,14H2/t21-,23-,26-/m0/s1. The van der Waals surface area contributed by atoms with E-state index >= 15 is 0 Å². The second-order valence-corrected chi connectivity index (χ2v) is 7.79. The summed E-state index contributed by atoms with van der Waals surface area (Å²) in [6.45, 7) is 0. The van der Waals surface area contributed by atoms with E-state index in [9.17, 15) is 0 Å². The summed E-state index contributed by atoms with van der Waals surface area (Å²) in [7, 11) is 0. The molecule has 0 saturated heterocycles. The lowest BCUT2D eigenvalue weighted by Crippen LogP contribution is -2.29. The van der Waals surface area contributed by atoms with Crippen LogP contribution in [0.1, 0.15) is 29.5 Å². The Morgan fingerprint density at radius 3 is 2.33 bits per heavy atom. The van der Waals surface area contributed by atoms with Gasteiger partial charge in [-0.15, -0.1) is 0 Å². The minimum atomic E-state index is 0.338. The fourth-order valence-corrected chi connectivity index (χ4v) is 5.21. The molecule has 1 nitrogen and oxygen atoms in total. The van der Waals surface area contributed by atoms with Crippen molar-refractivity contribution in [1.82, 2.24) is 0 Å². The zero-order valence-electron chi connectivity index (χ0n) is 15.1. The molecule has 1 N–H and O–H groups in total. The maximum absolute atomic E-state index is 3.93. The average Bonchev–Trinajstić information content (AvgIpc) is 3.22. The summed E-state index contributed by atoms with van der Waals surface area (Å²) < 4.78 is 0. The van der Waals surface area contributed by atoms with Crippen molar-refractivity contribution < 1.29 is 0 Å². The predicted molar refractivity (Wildman–Crippen MR) is 114 cm³/mol. The van der Waals surface area contributed by atoms with E-state index in [-0.39, 0.29) is 0 Å². The van der Waals surface area contributed by atoms with E-state index in [1.807, 2.05) is 0 Å². The molecule has 2 aliphatic rings. The van der Waals surface area contributed by atoms with Crippen molar-refractivity contribution in [3.63, 3.8) is 0 Å². The van der Waals surface area contributed by atoms with Crippen LogP contribution in [0.15, 0.2) is 91.0 Å². The first kappa shape index (κ1) is 15.0. The van der Waals surface area contributed by atoms with E-state index in [1.54, 1.807) is 0 Å². The monoisotopic (exact) mass is 347 g/mol. The second-order valence-electron chi connectivity index (χ2n) is 7.79. The molecule has 27 heavy (non-hydrogen) atoms. The zero-order chi connectivity index (χ0) is 17.8. The zero-order valence-corrected chi connectivity index (χ0v) is 15.1. The number of fused-ring (bicyclic) bond motifs is 6. The molecule has 0 radical (unpaired) electrons. The molecular formula is C26H21N. The van der Waals surface area contributed by atoms with Gasteiger partial charge in [0.05, 0.1) is 6.04 Å². The molecule has 0 aromatic heterocycles. The Kier molecular flexibility index (Phi) is 3.19. The Morgan fingerprint density at radius 1 is 0.704 bits per heavy atom. The van der Waals surface area contributed by atoms with Crippen molar-refractivity contribution in [2.45, 2.75) is 18.4 Å². The van der Waals surface area contributed by atoms with Crippen molar-refractivity contribution in [3.8, 4) is 0 Å². The highest BCUT2D eigenvalue weighted by Gasteiger charge is 2.39. The summed E-state index contributed by atoms with van der Waals surface area (Å²) >= 11 is 0. The molecule has 130 valence electrons. The molecule has 1 aliphatic carbocycles. The Bertz CT molecular complexity index is 1200. The van der Waals surface area contributed by atoms with E-state index in [4.69, 9.17) is 0 Å². The van der Waals surface area contributed by atoms with Crippen molar-refractivity contribution in [3.05, 3.63) is 102 Å². The molecule has 1 aliphatic heterocycles. The first-order chi connectivity index (χ1) is 13.4. The van der Waals surface area contributed by atoms with Crippen LogP contribution < -0.4 is 5.32 Å². The van der Waals surface area contributed by atoms with Crippen LogP contribution in [-0.4, -0.2) is 0 Å². The van der Waals surface area contributed by atoms with Gasteiger partial charge in [-0.25, -0.2) is 0 Å². The van der Waals surface area contributed by atoms with Gasteiger partial charge >= 0.3 is 0 Å². The van der Waals surface area contributed by atoms with Crippen LogP contribution in [-0.2, 0) is 0 Å². The first-order valence-corrected chi connectivity index (χ1v) is 9.83. The van der Waals surface area contributed by atoms with Crippen LogP contribution in [0.3, 0.4) is 0 Å². The molecule has 4 aromatic rings. The van der Waals surface area contributed by atoms with E-state index in [1.165, 1.54) is 38.4 Å². The Hall–Kier alpha value is -3.06. The molecule has 1 heterocycles. The van der Waals surface area contributed by atoms with Gasteiger partial charge in [0.1, 0.15) is 0 Å². The van der Waals surface area contributed by atoms with Gasteiger partial charge in [0.15, 0.2) is 0 Å². The van der Waals surface area contributed by atoms with Gasteiger partial charge in [-0.2, -0.15) is 0 Å². The van der Waals surface area contributed by atoms with Gasteiger partial charge < -0.3 is 5.32 Å². The number of nitrogens with one attached hydrogen (secondary N) is 1. The van der Waals surface area contributed by atoms with Gasteiger partial charge in [-0.1, -0.05) is 84.9 Å². The molecule has 6 rings (SSSR count). The lowest BCUT2D eigenvalue weighted by Gasteiger charge is -2.38. The van der Waals surface area contributed by atoms with Crippen LogP contribution in [0, 0.1) is 5.92 Å². The van der Waals surface area contributed by atoms with Gasteiger partial charge in [-0.05, 0) is 51.1 Å². The SMILES string of the molecule is C1=C[C@@H]2c3c(ccc4ccccc34)N[C@@H](c3cccc4ccccc34)[C@H]2C1. The van der Waals surface area contributed by atoms with Gasteiger partial charge in [0.2, 0.25) is 0 Å². The fourth-order valence-electron chi connectivity index (χ4n) is 5.21. The molecule has 0 saturated carbocycles. The van der Waals surface area contributed by atoms with Crippen LogP contribution >= 0.6 is 0 Å². The highest BCUT2D eigenvalue weighted by Crippen LogP contribution is 2.52. The average molecular weight is 347 g/mol. The van der Waals surface area contributed by atoms with Crippen LogP contribution in [0.5, 0.6) is 0 Å². The molecule has 4 aromatic carbocycles. The number of rotatable bonds is 1. The lowest BCUT2D eigenvalue weighted by molar-refractivity contribution is 0.429. The van der Waals surface area contributed by atoms with E-state index < -0.39 is 0 Å². The highest BCUT2D eigenvalue weighted by atomic mass is 15.0. The van der Waals surface area contributed by atoms with Crippen molar-refractivity contribution in [2.75, 3.05) is 5.32 Å². The first-order valence-electron chi connectivity index (χ1n) is 9.83. The molecule has 1 heteroatoms. The molecule has 3 atom stereocenters. The number of benzene rings is 4. The number of anilines is 1. The summed E-state index contributed by atoms with van der Waals surface area (Å²) in [5.74, 6) is 1.05. The van der Waals surface area contributed by atoms with Crippen LogP contribution in [0.2, 0.25) is 0 Å². The minimum Gasteiger partial charge on any atom is -0.378 e. The Balaban J connectivity index is 1.57. The lowest BCUT2D eigenvalue weighted by atomic mass is 9.75. The molecule has 0 unspecified atom stereocenters. The second kappa shape index (κ2) is 5.72. The van der Waals surface area contributed by atoms with Crippen molar-refractivity contribution >= 4 is 27.2 Å². The molecular weight excluding hydrogens is 326 g/mol. The van der Waals surface area contributed by atoms with Gasteiger partial charge in [0, 0.05) is 11.6 Å². The topological polar surface area (TPSA) is 12.0 Å². The largest absolute Gasteiger partial charge is 0.378 e. The van der Waals surface area contributed by atoms with Crippen LogP contribution in [0.25, 0.3) is 21.5 Å². The van der Waals surface area contributed by atoms with E-state index in [0.717, 1.165) is 6.42 Å². The molecule has 0 fully saturated rings. The van der Waals surface area contributed by atoms with E-state index in [0.29, 0.717) is 17.9 Å². The molecule has 0 amide bonds. The van der Waals surface area contributed by atoms with Gasteiger partial charge in [-0.3, -0.25) is 0 Å². The maximum Gasteiger partial charge on any atom is 0.0560 e. The maximum atomic E-state index is 3.93. The Morgan fingerprint density at radius 2 is 1.44 bits per heavy atom. The normalized spacial score (nSPS) is 23.2. The quantitative estimate of drug-likeness (QED) is 0.373. The van der Waals surface area contributed by atoms with E-state index in [2.05, 4.69) is 96.3 Å². The molecule has 0 spiro atoms. The van der Waals surface area contributed by atoms with Gasteiger partial charge in [0.25, 0.3) is 0 Å². The number of allylic oxidation sites excluding steroid dienone is 2.